The van der Waals surface area contributed by atoms with Crippen LogP contribution in [0.15, 0.2) is 67.0 Å². The number of urea groups is 1. The topological polar surface area (TPSA) is 97.4 Å². The molecule has 0 fully saturated rings. The van der Waals surface area contributed by atoms with E-state index >= 15 is 0 Å². The van der Waals surface area contributed by atoms with Crippen molar-refractivity contribution < 1.29 is 14.3 Å². The number of carbonyl (C=O) groups is 1. The second-order valence-electron chi connectivity index (χ2n) is 9.41. The van der Waals surface area contributed by atoms with Crippen LogP contribution < -0.4 is 25.4 Å². The van der Waals surface area contributed by atoms with Crippen molar-refractivity contribution >= 4 is 34.1 Å². The van der Waals surface area contributed by atoms with E-state index in [1.54, 1.807) is 14.2 Å². The van der Waals surface area contributed by atoms with Gasteiger partial charge >= 0.3 is 6.03 Å². The van der Waals surface area contributed by atoms with Crippen LogP contribution in [0, 0.1) is 0 Å². The van der Waals surface area contributed by atoms with Crippen LogP contribution in [-0.2, 0) is 12.0 Å². The standard InChI is InChI=1S/C28H31N5O3/c1-28(2,3)19-9-11-20(12-10-19)32-27(34)33-21-8-6-7-18(13-21)16-29-26-22-14-24(35-4)25(36-5)15-23(22)30-17-31-26/h6-15,17H,16H2,1-5H3,(H,29,30,31)(H2,32,33,34). The molecule has 4 aromatic rings. The van der Waals surface area contributed by atoms with Gasteiger partial charge in [0.15, 0.2) is 11.5 Å². The number of ether oxygens (including phenoxy) is 2. The predicted octanol–water partition coefficient (Wildman–Crippen LogP) is 6.20. The summed E-state index contributed by atoms with van der Waals surface area (Å²) in [4.78, 5) is 21.3. The first-order valence-corrected chi connectivity index (χ1v) is 11.6. The Labute approximate surface area is 211 Å². The van der Waals surface area contributed by atoms with E-state index in [2.05, 4.69) is 46.7 Å². The molecule has 0 unspecified atom stereocenters. The lowest BCUT2D eigenvalue weighted by molar-refractivity contribution is 0.262. The first kappa shape index (κ1) is 24.8. The Kier molecular flexibility index (Phi) is 7.24. The van der Waals surface area contributed by atoms with Crippen molar-refractivity contribution in [2.45, 2.75) is 32.7 Å². The number of hydrogen-bond donors (Lipinski definition) is 3. The fraction of sp³-hybridized carbons (Fsp3) is 0.250. The molecule has 3 N–H and O–H groups in total. The molecule has 0 bridgehead atoms. The van der Waals surface area contributed by atoms with Crippen LogP contribution >= 0.6 is 0 Å². The van der Waals surface area contributed by atoms with Gasteiger partial charge in [0.05, 0.1) is 19.7 Å². The minimum Gasteiger partial charge on any atom is -0.493 e. The number of aromatic nitrogens is 2. The number of amides is 2. The van der Waals surface area contributed by atoms with Gasteiger partial charge in [0.1, 0.15) is 12.1 Å². The first-order chi connectivity index (χ1) is 17.3. The van der Waals surface area contributed by atoms with Crippen LogP contribution in [0.5, 0.6) is 11.5 Å². The van der Waals surface area contributed by atoms with E-state index in [9.17, 15) is 4.79 Å². The van der Waals surface area contributed by atoms with Crippen LogP contribution in [0.25, 0.3) is 10.9 Å². The number of rotatable bonds is 7. The highest BCUT2D eigenvalue weighted by Crippen LogP contribution is 2.33. The van der Waals surface area contributed by atoms with E-state index in [-0.39, 0.29) is 11.4 Å². The average molecular weight is 486 g/mol. The average Bonchev–Trinajstić information content (AvgIpc) is 2.86. The van der Waals surface area contributed by atoms with Gasteiger partial charge in [-0.25, -0.2) is 14.8 Å². The highest BCUT2D eigenvalue weighted by atomic mass is 16.5. The molecule has 0 radical (unpaired) electrons. The summed E-state index contributed by atoms with van der Waals surface area (Å²) >= 11 is 0. The molecule has 0 aliphatic heterocycles. The van der Waals surface area contributed by atoms with Crippen LogP contribution in [0.1, 0.15) is 31.9 Å². The van der Waals surface area contributed by atoms with Gasteiger partial charge in [0.2, 0.25) is 0 Å². The van der Waals surface area contributed by atoms with Crippen molar-refractivity contribution in [3.8, 4) is 11.5 Å². The van der Waals surface area contributed by atoms with E-state index in [1.807, 2.05) is 60.7 Å². The number of anilines is 3. The van der Waals surface area contributed by atoms with Crippen LogP contribution in [0.4, 0.5) is 22.0 Å². The van der Waals surface area contributed by atoms with Gasteiger partial charge in [-0.15, -0.1) is 0 Å². The summed E-state index contributed by atoms with van der Waals surface area (Å²) in [7, 11) is 3.18. The predicted molar refractivity (Wildman–Crippen MR) is 144 cm³/mol. The number of fused-ring (bicyclic) bond motifs is 1. The molecule has 4 rings (SSSR count). The Bertz CT molecular complexity index is 1360. The third-order valence-electron chi connectivity index (χ3n) is 5.79. The summed E-state index contributed by atoms with van der Waals surface area (Å²) in [6.07, 6.45) is 1.51. The molecule has 3 aromatic carbocycles. The summed E-state index contributed by atoms with van der Waals surface area (Å²) in [5.74, 6) is 1.89. The van der Waals surface area contributed by atoms with Crippen molar-refractivity contribution in [2.24, 2.45) is 0 Å². The summed E-state index contributed by atoms with van der Waals surface area (Å²) in [5, 5.41) is 9.95. The van der Waals surface area contributed by atoms with Gasteiger partial charge in [-0.2, -0.15) is 0 Å². The van der Waals surface area contributed by atoms with E-state index in [4.69, 9.17) is 9.47 Å². The molecule has 1 aromatic heterocycles. The number of nitrogens with zero attached hydrogens (tertiary/aromatic N) is 2. The largest absolute Gasteiger partial charge is 0.493 e. The summed E-state index contributed by atoms with van der Waals surface area (Å²) in [6.45, 7) is 6.98. The molecule has 1 heterocycles. The van der Waals surface area contributed by atoms with Gasteiger partial charge in [-0.1, -0.05) is 45.0 Å². The maximum Gasteiger partial charge on any atom is 0.323 e. The number of nitrogens with one attached hydrogen (secondary N) is 3. The molecule has 0 spiro atoms. The highest BCUT2D eigenvalue weighted by Gasteiger charge is 2.14. The fourth-order valence-corrected chi connectivity index (χ4v) is 3.82. The summed E-state index contributed by atoms with van der Waals surface area (Å²) in [5.41, 5.74) is 4.43. The molecular formula is C28H31N5O3. The van der Waals surface area contributed by atoms with E-state index in [0.29, 0.717) is 29.5 Å². The summed E-state index contributed by atoms with van der Waals surface area (Å²) < 4.78 is 10.8. The monoisotopic (exact) mass is 485 g/mol. The maximum atomic E-state index is 12.5. The van der Waals surface area contributed by atoms with Gasteiger partial charge in [-0.3, -0.25) is 0 Å². The van der Waals surface area contributed by atoms with E-state index < -0.39 is 0 Å². The Morgan fingerprint density at radius 1 is 0.861 bits per heavy atom. The van der Waals surface area contributed by atoms with Crippen LogP contribution in [0.3, 0.4) is 0 Å². The molecule has 0 atom stereocenters. The van der Waals surface area contributed by atoms with E-state index in [0.717, 1.165) is 22.2 Å². The smallest absolute Gasteiger partial charge is 0.323 e. The van der Waals surface area contributed by atoms with Gasteiger partial charge in [-0.05, 0) is 46.9 Å². The van der Waals surface area contributed by atoms with Crippen molar-refractivity contribution in [2.75, 3.05) is 30.2 Å². The number of hydrogen-bond acceptors (Lipinski definition) is 6. The molecule has 186 valence electrons. The molecule has 8 nitrogen and oxygen atoms in total. The number of methoxy groups -OCH3 is 2. The Morgan fingerprint density at radius 2 is 1.56 bits per heavy atom. The lowest BCUT2D eigenvalue weighted by Crippen LogP contribution is -2.19. The minimum absolute atomic E-state index is 0.0618. The highest BCUT2D eigenvalue weighted by molar-refractivity contribution is 5.99. The zero-order chi connectivity index (χ0) is 25.7. The third kappa shape index (κ3) is 5.83. The lowest BCUT2D eigenvalue weighted by atomic mass is 9.87. The van der Waals surface area contributed by atoms with Crippen molar-refractivity contribution in [3.63, 3.8) is 0 Å². The van der Waals surface area contributed by atoms with Crippen molar-refractivity contribution in [3.05, 3.63) is 78.1 Å². The van der Waals surface area contributed by atoms with E-state index in [1.165, 1.54) is 11.9 Å². The SMILES string of the molecule is COc1cc2ncnc(NCc3cccc(NC(=O)Nc4ccc(C(C)(C)C)cc4)c3)c2cc1OC. The first-order valence-electron chi connectivity index (χ1n) is 11.6. The Morgan fingerprint density at radius 3 is 2.25 bits per heavy atom. The Hall–Kier alpha value is -4.33. The van der Waals surface area contributed by atoms with Crippen LogP contribution in [0.2, 0.25) is 0 Å². The van der Waals surface area contributed by atoms with Crippen molar-refractivity contribution in [1.29, 1.82) is 0 Å². The molecule has 36 heavy (non-hydrogen) atoms. The molecule has 0 aliphatic rings. The number of carbonyl (C=O) groups excluding carboxylic acids is 1. The van der Waals surface area contributed by atoms with Gasteiger partial charge in [0.25, 0.3) is 0 Å². The molecule has 0 saturated heterocycles. The molecule has 0 aliphatic carbocycles. The zero-order valence-corrected chi connectivity index (χ0v) is 21.2. The fourth-order valence-electron chi connectivity index (χ4n) is 3.82. The molecule has 8 heteroatoms. The van der Waals surface area contributed by atoms with Gasteiger partial charge in [0, 0.05) is 29.4 Å². The second kappa shape index (κ2) is 10.5. The minimum atomic E-state index is -0.300. The summed E-state index contributed by atoms with van der Waals surface area (Å²) in [6, 6.07) is 18.9. The zero-order valence-electron chi connectivity index (χ0n) is 21.2. The second-order valence-corrected chi connectivity index (χ2v) is 9.41. The third-order valence-corrected chi connectivity index (χ3v) is 5.79. The molecular weight excluding hydrogens is 454 g/mol. The van der Waals surface area contributed by atoms with Gasteiger partial charge < -0.3 is 25.4 Å². The Balaban J connectivity index is 1.42. The molecule has 2 amide bonds. The van der Waals surface area contributed by atoms with Crippen molar-refractivity contribution in [1.82, 2.24) is 9.97 Å². The van der Waals surface area contributed by atoms with Crippen LogP contribution in [-0.4, -0.2) is 30.2 Å². The normalized spacial score (nSPS) is 11.1. The molecule has 0 saturated carbocycles. The quantitative estimate of drug-likeness (QED) is 0.288. The maximum absolute atomic E-state index is 12.5. The number of benzene rings is 3. The lowest BCUT2D eigenvalue weighted by Gasteiger charge is -2.19.